The summed E-state index contributed by atoms with van der Waals surface area (Å²) < 4.78 is 88.6. The molecule has 1 N–H and O–H groups in total. The van der Waals surface area contributed by atoms with Crippen molar-refractivity contribution in [2.75, 3.05) is 0 Å². The molecule has 0 amide bonds. The number of halogens is 6. The van der Waals surface area contributed by atoms with E-state index in [1.807, 2.05) is 30.3 Å². The SMILES string of the molecule is C[C@@H](O[C@@H]1CC[C@@H]2N[C@@]1(c1ccccc1)C[C@H]2c1nnnn1C)c1cc(C(F)(F)F)cc(C(F)(F)F)c1. The Balaban J connectivity index is 1.50. The van der Waals surface area contributed by atoms with Crippen LogP contribution < -0.4 is 5.32 Å². The zero-order valence-electron chi connectivity index (χ0n) is 20.0. The Morgan fingerprint density at radius 2 is 1.65 bits per heavy atom. The lowest BCUT2D eigenvalue weighted by Crippen LogP contribution is -2.54. The standard InChI is InChI=1S/C25H25F6N5O/c1-14(15-10-17(24(26,27)28)12-18(11-15)25(29,30)31)37-21-9-8-20-19(22-33-34-35-36(22)2)13-23(21,32-20)16-6-4-3-5-7-16/h3-7,10-12,14,19-21,32H,8-9,13H2,1-2H3/t14-,19-,20+,21-,23-/m1/s1. The van der Waals surface area contributed by atoms with Gasteiger partial charge in [-0.2, -0.15) is 26.3 Å². The van der Waals surface area contributed by atoms with Crippen LogP contribution in [0.15, 0.2) is 48.5 Å². The maximum Gasteiger partial charge on any atom is 0.416 e. The molecule has 2 aromatic carbocycles. The van der Waals surface area contributed by atoms with E-state index in [2.05, 4.69) is 20.8 Å². The molecule has 37 heavy (non-hydrogen) atoms. The van der Waals surface area contributed by atoms with Crippen LogP contribution in [-0.4, -0.2) is 32.4 Å². The van der Waals surface area contributed by atoms with Crippen LogP contribution in [0.25, 0.3) is 0 Å². The van der Waals surface area contributed by atoms with Crippen LogP contribution in [0.2, 0.25) is 0 Å². The maximum atomic E-state index is 13.4. The number of hydrogen-bond acceptors (Lipinski definition) is 5. The molecule has 0 saturated carbocycles. The molecule has 2 bridgehead atoms. The lowest BCUT2D eigenvalue weighted by Gasteiger charge is -2.43. The molecule has 3 aromatic rings. The first kappa shape index (κ1) is 25.7. The van der Waals surface area contributed by atoms with Gasteiger partial charge >= 0.3 is 12.4 Å². The number of tetrazole rings is 1. The number of aryl methyl sites for hydroxylation is 1. The summed E-state index contributed by atoms with van der Waals surface area (Å²) in [5.74, 6) is 0.659. The van der Waals surface area contributed by atoms with E-state index in [1.165, 1.54) is 6.92 Å². The number of benzene rings is 2. The summed E-state index contributed by atoms with van der Waals surface area (Å²) >= 11 is 0. The molecular weight excluding hydrogens is 500 g/mol. The Labute approximate surface area is 209 Å². The van der Waals surface area contributed by atoms with Gasteiger partial charge in [-0.05, 0) is 65.9 Å². The van der Waals surface area contributed by atoms with Crippen LogP contribution >= 0.6 is 0 Å². The van der Waals surface area contributed by atoms with Gasteiger partial charge in [0.1, 0.15) is 0 Å². The van der Waals surface area contributed by atoms with Gasteiger partial charge in [-0.25, -0.2) is 4.68 Å². The van der Waals surface area contributed by atoms with E-state index in [1.54, 1.807) is 11.7 Å². The third-order valence-corrected chi connectivity index (χ3v) is 7.48. The normalized spacial score (nSPS) is 26.9. The van der Waals surface area contributed by atoms with Crippen molar-refractivity contribution in [3.05, 3.63) is 76.6 Å². The topological polar surface area (TPSA) is 64.9 Å². The van der Waals surface area contributed by atoms with E-state index in [9.17, 15) is 26.3 Å². The number of piperidine rings is 1. The zero-order valence-corrected chi connectivity index (χ0v) is 20.0. The Morgan fingerprint density at radius 3 is 2.22 bits per heavy atom. The van der Waals surface area contributed by atoms with Gasteiger partial charge in [-0.15, -0.1) is 5.10 Å². The molecule has 2 aliphatic heterocycles. The smallest absolute Gasteiger partial charge is 0.368 e. The molecule has 6 nitrogen and oxygen atoms in total. The number of rotatable bonds is 5. The minimum atomic E-state index is -4.93. The van der Waals surface area contributed by atoms with E-state index in [-0.39, 0.29) is 23.6 Å². The highest BCUT2D eigenvalue weighted by atomic mass is 19.4. The highest BCUT2D eigenvalue weighted by Crippen LogP contribution is 2.51. The fraction of sp³-hybridized carbons (Fsp3) is 0.480. The number of ether oxygens (including phenoxy) is 1. The predicted molar refractivity (Wildman–Crippen MR) is 120 cm³/mol. The maximum absolute atomic E-state index is 13.4. The summed E-state index contributed by atoms with van der Waals surface area (Å²) in [5.41, 5.74) is -2.69. The first-order chi connectivity index (χ1) is 17.4. The predicted octanol–water partition coefficient (Wildman–Crippen LogP) is 5.53. The molecule has 0 aliphatic carbocycles. The number of hydrogen-bond donors (Lipinski definition) is 1. The van der Waals surface area contributed by atoms with Gasteiger partial charge in [0.2, 0.25) is 0 Å². The van der Waals surface area contributed by atoms with E-state index < -0.39 is 41.2 Å². The summed E-state index contributed by atoms with van der Waals surface area (Å²) in [6.45, 7) is 1.49. The van der Waals surface area contributed by atoms with Gasteiger partial charge in [0.15, 0.2) is 5.82 Å². The average molecular weight is 525 g/mol. The highest BCUT2D eigenvalue weighted by molar-refractivity contribution is 5.36. The minimum Gasteiger partial charge on any atom is -0.368 e. The Morgan fingerprint density at radius 1 is 1.00 bits per heavy atom. The molecular formula is C25H25F6N5O. The monoisotopic (exact) mass is 525 g/mol. The van der Waals surface area contributed by atoms with Crippen molar-refractivity contribution in [3.8, 4) is 0 Å². The molecule has 0 radical (unpaired) electrons. The lowest BCUT2D eigenvalue weighted by molar-refractivity contribution is -0.143. The van der Waals surface area contributed by atoms with Crippen molar-refractivity contribution in [3.63, 3.8) is 0 Å². The summed E-state index contributed by atoms with van der Waals surface area (Å²) in [5, 5.41) is 15.6. The van der Waals surface area contributed by atoms with Crippen molar-refractivity contribution >= 4 is 0 Å². The number of alkyl halides is 6. The Hall–Kier alpha value is -2.99. The van der Waals surface area contributed by atoms with Crippen LogP contribution in [-0.2, 0) is 29.7 Å². The second-order valence-corrected chi connectivity index (χ2v) is 9.74. The Kier molecular flexibility index (Phi) is 6.30. The number of nitrogens with zero attached hydrogens (tertiary/aromatic N) is 4. The fourth-order valence-corrected chi connectivity index (χ4v) is 5.72. The van der Waals surface area contributed by atoms with E-state index in [4.69, 9.17) is 4.74 Å². The molecule has 1 aromatic heterocycles. The van der Waals surface area contributed by atoms with E-state index in [0.717, 1.165) is 17.7 Å². The molecule has 5 atom stereocenters. The molecule has 198 valence electrons. The first-order valence-electron chi connectivity index (χ1n) is 11.9. The van der Waals surface area contributed by atoms with Crippen LogP contribution in [0, 0.1) is 0 Å². The third-order valence-electron chi connectivity index (χ3n) is 7.48. The summed E-state index contributed by atoms with van der Waals surface area (Å²) in [6.07, 6.45) is -9.60. The second-order valence-electron chi connectivity index (χ2n) is 9.74. The van der Waals surface area contributed by atoms with Gasteiger partial charge in [0.25, 0.3) is 0 Å². The van der Waals surface area contributed by atoms with Crippen LogP contribution in [0.3, 0.4) is 0 Å². The quantitative estimate of drug-likeness (QED) is 0.444. The van der Waals surface area contributed by atoms with Gasteiger partial charge in [-0.1, -0.05) is 30.3 Å². The summed E-state index contributed by atoms with van der Waals surface area (Å²) in [4.78, 5) is 0. The zero-order chi connectivity index (χ0) is 26.6. The summed E-state index contributed by atoms with van der Waals surface area (Å²) in [6, 6.07) is 11.2. The van der Waals surface area contributed by atoms with Crippen molar-refractivity contribution < 1.29 is 31.1 Å². The lowest BCUT2D eigenvalue weighted by atomic mass is 9.79. The van der Waals surface area contributed by atoms with E-state index >= 15 is 0 Å². The fourth-order valence-electron chi connectivity index (χ4n) is 5.72. The molecule has 12 heteroatoms. The molecule has 5 rings (SSSR count). The molecule has 3 heterocycles. The molecule has 2 fully saturated rings. The first-order valence-corrected chi connectivity index (χ1v) is 11.9. The largest absolute Gasteiger partial charge is 0.416 e. The van der Waals surface area contributed by atoms with Crippen molar-refractivity contribution in [2.45, 2.75) is 68.2 Å². The molecule has 0 unspecified atom stereocenters. The van der Waals surface area contributed by atoms with E-state index in [0.29, 0.717) is 25.1 Å². The number of nitrogens with one attached hydrogen (secondary N) is 1. The summed E-state index contributed by atoms with van der Waals surface area (Å²) in [7, 11) is 1.76. The Bertz CT molecular complexity index is 1230. The highest BCUT2D eigenvalue weighted by Gasteiger charge is 2.56. The van der Waals surface area contributed by atoms with Crippen molar-refractivity contribution in [1.82, 2.24) is 25.5 Å². The molecule has 2 saturated heterocycles. The van der Waals surface area contributed by atoms with Crippen LogP contribution in [0.4, 0.5) is 26.3 Å². The molecule has 0 spiro atoms. The van der Waals surface area contributed by atoms with Gasteiger partial charge in [0.05, 0.1) is 28.9 Å². The minimum absolute atomic E-state index is 0.0328. The van der Waals surface area contributed by atoms with Crippen molar-refractivity contribution in [2.24, 2.45) is 7.05 Å². The van der Waals surface area contributed by atoms with Gasteiger partial charge < -0.3 is 10.1 Å². The second kappa shape index (κ2) is 9.09. The third kappa shape index (κ3) is 4.72. The average Bonchev–Trinajstić information content (AvgIpc) is 3.41. The van der Waals surface area contributed by atoms with Crippen LogP contribution in [0.5, 0.6) is 0 Å². The number of fused-ring (bicyclic) bond motifs is 2. The van der Waals surface area contributed by atoms with Crippen LogP contribution in [0.1, 0.15) is 66.3 Å². The molecule has 2 aliphatic rings. The number of aromatic nitrogens is 4. The van der Waals surface area contributed by atoms with Gasteiger partial charge in [-0.3, -0.25) is 0 Å². The van der Waals surface area contributed by atoms with Gasteiger partial charge in [0, 0.05) is 19.0 Å². The van der Waals surface area contributed by atoms with Crippen molar-refractivity contribution in [1.29, 1.82) is 0 Å².